The van der Waals surface area contributed by atoms with Crippen LogP contribution in [0.15, 0.2) is 10.6 Å². The number of nitrogens with zero attached hydrogens (tertiary/aromatic N) is 1. The number of carbonyl (C=O) groups excluding carboxylic acids is 1. The number of hydrogen-bond donors (Lipinski definition) is 2. The molecule has 1 aliphatic rings. The molecule has 0 bridgehead atoms. The van der Waals surface area contributed by atoms with E-state index in [1.165, 1.54) is 0 Å². The minimum atomic E-state index is 0.131. The third-order valence-corrected chi connectivity index (χ3v) is 2.73. The van der Waals surface area contributed by atoms with Crippen LogP contribution in [-0.2, 0) is 11.3 Å². The standard InChI is InChI=1S/C11H17N3O2/c1-8-5-10(14-16-8)7-13-9-3-2-4-12-11(15)6-9/h5,9,13H,2-4,6-7H2,1H3,(H,12,15). The molecule has 1 atom stereocenters. The van der Waals surface area contributed by atoms with E-state index in [2.05, 4.69) is 15.8 Å². The molecule has 1 saturated heterocycles. The summed E-state index contributed by atoms with van der Waals surface area (Å²) in [5.74, 6) is 0.946. The molecule has 0 radical (unpaired) electrons. The monoisotopic (exact) mass is 223 g/mol. The van der Waals surface area contributed by atoms with Gasteiger partial charge >= 0.3 is 0 Å². The fourth-order valence-electron chi connectivity index (χ4n) is 1.90. The van der Waals surface area contributed by atoms with Crippen LogP contribution in [0.5, 0.6) is 0 Å². The van der Waals surface area contributed by atoms with Crippen molar-refractivity contribution in [3.05, 3.63) is 17.5 Å². The summed E-state index contributed by atoms with van der Waals surface area (Å²) in [7, 11) is 0. The first kappa shape index (κ1) is 11.1. The number of nitrogens with one attached hydrogen (secondary N) is 2. The molecule has 1 aromatic heterocycles. The summed E-state index contributed by atoms with van der Waals surface area (Å²) in [6.45, 7) is 3.32. The van der Waals surface area contributed by atoms with E-state index < -0.39 is 0 Å². The molecule has 1 amide bonds. The summed E-state index contributed by atoms with van der Waals surface area (Å²) >= 11 is 0. The van der Waals surface area contributed by atoms with Crippen molar-refractivity contribution in [2.24, 2.45) is 0 Å². The molecule has 2 heterocycles. The Balaban J connectivity index is 1.82. The molecule has 88 valence electrons. The van der Waals surface area contributed by atoms with Gasteiger partial charge in [-0.1, -0.05) is 5.16 Å². The molecule has 1 aromatic rings. The van der Waals surface area contributed by atoms with Crippen LogP contribution in [0, 0.1) is 6.92 Å². The largest absolute Gasteiger partial charge is 0.361 e. The molecule has 2 rings (SSSR count). The van der Waals surface area contributed by atoms with Crippen LogP contribution >= 0.6 is 0 Å². The second-order valence-corrected chi connectivity index (χ2v) is 4.20. The molecule has 1 unspecified atom stereocenters. The third kappa shape index (κ3) is 3.06. The quantitative estimate of drug-likeness (QED) is 0.793. The van der Waals surface area contributed by atoms with Gasteiger partial charge in [0.2, 0.25) is 5.91 Å². The fourth-order valence-corrected chi connectivity index (χ4v) is 1.90. The van der Waals surface area contributed by atoms with Gasteiger partial charge in [0.25, 0.3) is 0 Å². The van der Waals surface area contributed by atoms with E-state index in [1.807, 2.05) is 13.0 Å². The summed E-state index contributed by atoms with van der Waals surface area (Å²) in [5.41, 5.74) is 0.891. The molecule has 5 nitrogen and oxygen atoms in total. The molecule has 0 spiro atoms. The van der Waals surface area contributed by atoms with Crippen molar-refractivity contribution in [2.75, 3.05) is 6.54 Å². The molecular formula is C11H17N3O2. The number of aryl methyl sites for hydroxylation is 1. The Morgan fingerprint density at radius 2 is 2.56 bits per heavy atom. The van der Waals surface area contributed by atoms with Crippen LogP contribution in [0.25, 0.3) is 0 Å². The summed E-state index contributed by atoms with van der Waals surface area (Å²) in [6, 6.07) is 2.16. The van der Waals surface area contributed by atoms with Crippen molar-refractivity contribution in [3.63, 3.8) is 0 Å². The smallest absolute Gasteiger partial charge is 0.221 e. The number of carbonyl (C=O) groups is 1. The zero-order valence-corrected chi connectivity index (χ0v) is 9.45. The Kier molecular flexibility index (Phi) is 3.56. The van der Waals surface area contributed by atoms with Gasteiger partial charge in [-0.2, -0.15) is 0 Å². The lowest BCUT2D eigenvalue weighted by Crippen LogP contribution is -2.32. The summed E-state index contributed by atoms with van der Waals surface area (Å²) in [6.07, 6.45) is 2.60. The van der Waals surface area contributed by atoms with E-state index in [9.17, 15) is 4.79 Å². The third-order valence-electron chi connectivity index (χ3n) is 2.73. The van der Waals surface area contributed by atoms with Gasteiger partial charge in [-0.3, -0.25) is 4.79 Å². The maximum absolute atomic E-state index is 11.3. The van der Waals surface area contributed by atoms with Gasteiger partial charge < -0.3 is 15.2 Å². The summed E-state index contributed by atoms with van der Waals surface area (Å²) in [4.78, 5) is 11.3. The zero-order chi connectivity index (χ0) is 11.4. The predicted molar refractivity (Wildman–Crippen MR) is 58.7 cm³/mol. The average molecular weight is 223 g/mol. The van der Waals surface area contributed by atoms with Crippen molar-refractivity contribution in [1.82, 2.24) is 15.8 Å². The summed E-state index contributed by atoms with van der Waals surface area (Å²) in [5, 5.41) is 10.1. The molecule has 0 saturated carbocycles. The van der Waals surface area contributed by atoms with Crippen molar-refractivity contribution in [3.8, 4) is 0 Å². The molecule has 1 fully saturated rings. The number of hydrogen-bond acceptors (Lipinski definition) is 4. The van der Waals surface area contributed by atoms with Crippen LogP contribution in [0.2, 0.25) is 0 Å². The lowest BCUT2D eigenvalue weighted by molar-refractivity contribution is -0.121. The lowest BCUT2D eigenvalue weighted by Gasteiger charge is -2.13. The Hall–Kier alpha value is -1.36. The van der Waals surface area contributed by atoms with E-state index in [1.54, 1.807) is 0 Å². The average Bonchev–Trinajstić information content (AvgIpc) is 2.55. The molecule has 0 aliphatic carbocycles. The van der Waals surface area contributed by atoms with Crippen LogP contribution < -0.4 is 10.6 Å². The van der Waals surface area contributed by atoms with E-state index in [0.29, 0.717) is 13.0 Å². The predicted octanol–water partition coefficient (Wildman–Crippen LogP) is 0.741. The highest BCUT2D eigenvalue weighted by Crippen LogP contribution is 2.08. The normalized spacial score (nSPS) is 21.6. The zero-order valence-electron chi connectivity index (χ0n) is 9.45. The van der Waals surface area contributed by atoms with E-state index in [0.717, 1.165) is 30.8 Å². The second-order valence-electron chi connectivity index (χ2n) is 4.20. The second kappa shape index (κ2) is 5.12. The van der Waals surface area contributed by atoms with E-state index >= 15 is 0 Å². The Morgan fingerprint density at radius 3 is 3.31 bits per heavy atom. The molecule has 1 aliphatic heterocycles. The highest BCUT2D eigenvalue weighted by atomic mass is 16.5. The molecule has 2 N–H and O–H groups in total. The van der Waals surface area contributed by atoms with Gasteiger partial charge in [0, 0.05) is 31.6 Å². The highest BCUT2D eigenvalue weighted by molar-refractivity contribution is 5.76. The molecule has 16 heavy (non-hydrogen) atoms. The number of rotatable bonds is 3. The van der Waals surface area contributed by atoms with Crippen LogP contribution in [-0.4, -0.2) is 23.7 Å². The first-order valence-corrected chi connectivity index (χ1v) is 5.66. The lowest BCUT2D eigenvalue weighted by atomic mass is 10.1. The van der Waals surface area contributed by atoms with Gasteiger partial charge in [0.1, 0.15) is 5.76 Å². The summed E-state index contributed by atoms with van der Waals surface area (Å²) < 4.78 is 4.98. The molecular weight excluding hydrogens is 206 g/mol. The van der Waals surface area contributed by atoms with Crippen molar-refractivity contribution in [1.29, 1.82) is 0 Å². The van der Waals surface area contributed by atoms with E-state index in [4.69, 9.17) is 4.52 Å². The first-order chi connectivity index (χ1) is 7.74. The Labute approximate surface area is 94.6 Å². The van der Waals surface area contributed by atoms with Gasteiger partial charge in [-0.05, 0) is 19.8 Å². The van der Waals surface area contributed by atoms with Gasteiger partial charge in [0.15, 0.2) is 0 Å². The Bertz CT molecular complexity index is 362. The maximum atomic E-state index is 11.3. The minimum Gasteiger partial charge on any atom is -0.361 e. The topological polar surface area (TPSA) is 67.2 Å². The SMILES string of the molecule is Cc1cc(CNC2CCCNC(=O)C2)no1. The number of aromatic nitrogens is 1. The van der Waals surface area contributed by atoms with Crippen molar-refractivity contribution in [2.45, 2.75) is 38.8 Å². The Morgan fingerprint density at radius 1 is 1.69 bits per heavy atom. The van der Waals surface area contributed by atoms with Gasteiger partial charge in [0.05, 0.1) is 5.69 Å². The van der Waals surface area contributed by atoms with Crippen molar-refractivity contribution >= 4 is 5.91 Å². The van der Waals surface area contributed by atoms with Crippen molar-refractivity contribution < 1.29 is 9.32 Å². The minimum absolute atomic E-state index is 0.131. The van der Waals surface area contributed by atoms with Crippen LogP contribution in [0.1, 0.15) is 30.7 Å². The number of amides is 1. The van der Waals surface area contributed by atoms with Crippen LogP contribution in [0.3, 0.4) is 0 Å². The van der Waals surface area contributed by atoms with Gasteiger partial charge in [-0.15, -0.1) is 0 Å². The molecule has 5 heteroatoms. The van der Waals surface area contributed by atoms with Crippen LogP contribution in [0.4, 0.5) is 0 Å². The van der Waals surface area contributed by atoms with E-state index in [-0.39, 0.29) is 11.9 Å². The van der Waals surface area contributed by atoms with Gasteiger partial charge in [-0.25, -0.2) is 0 Å². The first-order valence-electron chi connectivity index (χ1n) is 5.66. The fraction of sp³-hybridized carbons (Fsp3) is 0.636. The maximum Gasteiger partial charge on any atom is 0.221 e. The molecule has 0 aromatic carbocycles. The highest BCUT2D eigenvalue weighted by Gasteiger charge is 2.16.